The van der Waals surface area contributed by atoms with Crippen molar-refractivity contribution < 1.29 is 0 Å². The third-order valence-corrected chi connectivity index (χ3v) is 4.17. The van der Waals surface area contributed by atoms with Gasteiger partial charge in [-0.15, -0.1) is 0 Å². The molecule has 1 unspecified atom stereocenters. The largest absolute Gasteiger partial charge is 0.271 e. The van der Waals surface area contributed by atoms with Gasteiger partial charge in [-0.2, -0.15) is 0 Å². The molecule has 1 atom stereocenters. The Hall–Kier alpha value is -1.16. The molecule has 0 aliphatic heterocycles. The van der Waals surface area contributed by atoms with Crippen molar-refractivity contribution in [2.45, 2.75) is 32.7 Å². The van der Waals surface area contributed by atoms with Gasteiger partial charge in [0, 0.05) is 4.47 Å². The Balaban J connectivity index is 2.31. The van der Waals surface area contributed by atoms with Crippen LogP contribution in [0.25, 0.3) is 0 Å². The molecule has 0 saturated heterocycles. The van der Waals surface area contributed by atoms with Crippen molar-refractivity contribution in [2.24, 2.45) is 5.84 Å². The minimum atomic E-state index is 0.000603. The van der Waals surface area contributed by atoms with Crippen LogP contribution in [0.2, 0.25) is 0 Å². The van der Waals surface area contributed by atoms with E-state index in [1.165, 1.54) is 23.1 Å². The summed E-state index contributed by atoms with van der Waals surface area (Å²) in [5.74, 6) is 5.77. The molecular formula is C17H21BrN2. The van der Waals surface area contributed by atoms with Gasteiger partial charge in [0.05, 0.1) is 6.04 Å². The third kappa shape index (κ3) is 3.48. The van der Waals surface area contributed by atoms with Crippen molar-refractivity contribution in [3.63, 3.8) is 0 Å². The summed E-state index contributed by atoms with van der Waals surface area (Å²) in [4.78, 5) is 0. The highest BCUT2D eigenvalue weighted by Gasteiger charge is 2.15. The van der Waals surface area contributed by atoms with E-state index in [0.29, 0.717) is 0 Å². The summed E-state index contributed by atoms with van der Waals surface area (Å²) < 4.78 is 1.08. The van der Waals surface area contributed by atoms with Crippen LogP contribution in [0.15, 0.2) is 46.9 Å². The normalized spacial score (nSPS) is 12.4. The van der Waals surface area contributed by atoms with Crippen LogP contribution in [-0.2, 0) is 6.42 Å². The predicted molar refractivity (Wildman–Crippen MR) is 88.5 cm³/mol. The third-order valence-electron chi connectivity index (χ3n) is 3.49. The number of benzene rings is 2. The number of halogens is 1. The minimum Gasteiger partial charge on any atom is -0.271 e. The molecule has 2 nitrogen and oxygen atoms in total. The predicted octanol–water partition coefficient (Wildman–Crippen LogP) is 4.26. The van der Waals surface area contributed by atoms with Crippen LogP contribution in [0.5, 0.6) is 0 Å². The Morgan fingerprint density at radius 3 is 2.40 bits per heavy atom. The highest BCUT2D eigenvalue weighted by atomic mass is 79.9. The molecule has 0 aliphatic rings. The topological polar surface area (TPSA) is 38.0 Å². The van der Waals surface area contributed by atoms with Gasteiger partial charge in [0.15, 0.2) is 0 Å². The van der Waals surface area contributed by atoms with Crippen molar-refractivity contribution in [1.82, 2.24) is 5.43 Å². The van der Waals surface area contributed by atoms with E-state index in [-0.39, 0.29) is 6.04 Å². The summed E-state index contributed by atoms with van der Waals surface area (Å²) in [7, 11) is 0. The van der Waals surface area contributed by atoms with Crippen LogP contribution < -0.4 is 11.3 Å². The Labute approximate surface area is 129 Å². The van der Waals surface area contributed by atoms with E-state index >= 15 is 0 Å². The first-order chi connectivity index (χ1) is 9.65. The van der Waals surface area contributed by atoms with E-state index in [1.54, 1.807) is 0 Å². The van der Waals surface area contributed by atoms with E-state index in [2.05, 4.69) is 77.7 Å². The Bertz CT molecular complexity index is 564. The number of nitrogens with one attached hydrogen (secondary N) is 1. The number of rotatable bonds is 5. The highest BCUT2D eigenvalue weighted by Crippen LogP contribution is 2.29. The number of hydrazine groups is 1. The van der Waals surface area contributed by atoms with Crippen molar-refractivity contribution in [1.29, 1.82) is 0 Å². The van der Waals surface area contributed by atoms with Crippen LogP contribution in [0, 0.1) is 6.92 Å². The van der Waals surface area contributed by atoms with Crippen LogP contribution in [-0.4, -0.2) is 0 Å². The summed E-state index contributed by atoms with van der Waals surface area (Å²) in [5.41, 5.74) is 7.85. The van der Waals surface area contributed by atoms with E-state index in [4.69, 9.17) is 5.84 Å². The van der Waals surface area contributed by atoms with Crippen molar-refractivity contribution >= 4 is 15.9 Å². The van der Waals surface area contributed by atoms with E-state index in [0.717, 1.165) is 16.5 Å². The molecule has 0 fully saturated rings. The molecule has 3 N–H and O–H groups in total. The molecule has 0 aliphatic carbocycles. The lowest BCUT2D eigenvalue weighted by atomic mass is 9.97. The van der Waals surface area contributed by atoms with Crippen LogP contribution in [0.1, 0.15) is 41.6 Å². The zero-order chi connectivity index (χ0) is 14.5. The fourth-order valence-electron chi connectivity index (χ4n) is 2.40. The van der Waals surface area contributed by atoms with E-state index in [9.17, 15) is 0 Å². The lowest BCUT2D eigenvalue weighted by Crippen LogP contribution is -2.29. The number of hydrogen-bond acceptors (Lipinski definition) is 2. The molecule has 0 radical (unpaired) electrons. The average molecular weight is 333 g/mol. The van der Waals surface area contributed by atoms with Gasteiger partial charge in [0.25, 0.3) is 0 Å². The number of hydrogen-bond donors (Lipinski definition) is 2. The number of aryl methyl sites for hydroxylation is 2. The van der Waals surface area contributed by atoms with Crippen molar-refractivity contribution in [3.05, 3.63) is 69.2 Å². The van der Waals surface area contributed by atoms with Gasteiger partial charge >= 0.3 is 0 Å². The molecule has 0 bridgehead atoms. The Morgan fingerprint density at radius 1 is 1.15 bits per heavy atom. The van der Waals surface area contributed by atoms with Gasteiger partial charge in [-0.25, -0.2) is 5.43 Å². The van der Waals surface area contributed by atoms with Gasteiger partial charge in [0.2, 0.25) is 0 Å². The van der Waals surface area contributed by atoms with Crippen molar-refractivity contribution in [3.8, 4) is 0 Å². The monoisotopic (exact) mass is 332 g/mol. The second-order valence-electron chi connectivity index (χ2n) is 5.12. The molecule has 0 amide bonds. The smallest absolute Gasteiger partial charge is 0.0721 e. The van der Waals surface area contributed by atoms with Gasteiger partial charge < -0.3 is 0 Å². The molecular weight excluding hydrogens is 312 g/mol. The van der Waals surface area contributed by atoms with Crippen LogP contribution in [0.3, 0.4) is 0 Å². The molecule has 0 aromatic heterocycles. The lowest BCUT2D eigenvalue weighted by molar-refractivity contribution is 0.634. The zero-order valence-electron chi connectivity index (χ0n) is 12.0. The summed E-state index contributed by atoms with van der Waals surface area (Å²) in [6.45, 7) is 4.28. The lowest BCUT2D eigenvalue weighted by Gasteiger charge is -2.19. The van der Waals surface area contributed by atoms with Gasteiger partial charge in [0.1, 0.15) is 0 Å². The van der Waals surface area contributed by atoms with E-state index < -0.39 is 0 Å². The van der Waals surface area contributed by atoms with Gasteiger partial charge in [-0.1, -0.05) is 65.7 Å². The standard InChI is InChI=1S/C17H21BrN2/c1-3-4-13-6-8-14(9-7-13)17(20-19)15-10-5-12(2)11-16(15)18/h5-11,17,20H,3-4,19H2,1-2H3. The highest BCUT2D eigenvalue weighted by molar-refractivity contribution is 9.10. The maximum absolute atomic E-state index is 5.77. The second-order valence-corrected chi connectivity index (χ2v) is 5.97. The summed E-state index contributed by atoms with van der Waals surface area (Å²) in [6.07, 6.45) is 2.29. The summed E-state index contributed by atoms with van der Waals surface area (Å²) in [5, 5.41) is 0. The minimum absolute atomic E-state index is 0.000603. The second kappa shape index (κ2) is 7.02. The molecule has 0 heterocycles. The van der Waals surface area contributed by atoms with Gasteiger partial charge in [-0.3, -0.25) is 5.84 Å². The first-order valence-corrected chi connectivity index (χ1v) is 7.76. The molecule has 2 rings (SSSR count). The first kappa shape index (κ1) is 15.2. The molecule has 20 heavy (non-hydrogen) atoms. The molecule has 106 valence electrons. The molecule has 2 aromatic carbocycles. The summed E-state index contributed by atoms with van der Waals surface area (Å²) in [6, 6.07) is 15.0. The van der Waals surface area contributed by atoms with Crippen LogP contribution in [0.4, 0.5) is 0 Å². The maximum atomic E-state index is 5.77. The molecule has 3 heteroatoms. The molecule has 0 spiro atoms. The Morgan fingerprint density at radius 2 is 1.85 bits per heavy atom. The first-order valence-electron chi connectivity index (χ1n) is 6.96. The average Bonchev–Trinajstić information content (AvgIpc) is 2.44. The SMILES string of the molecule is CCCc1ccc(C(NN)c2ccc(C)cc2Br)cc1. The van der Waals surface area contributed by atoms with E-state index in [1.807, 2.05) is 0 Å². The van der Waals surface area contributed by atoms with Crippen LogP contribution >= 0.6 is 15.9 Å². The summed E-state index contributed by atoms with van der Waals surface area (Å²) >= 11 is 3.63. The molecule has 0 saturated carbocycles. The van der Waals surface area contributed by atoms with Gasteiger partial charge in [-0.05, 0) is 41.7 Å². The molecule has 2 aromatic rings. The maximum Gasteiger partial charge on any atom is 0.0721 e. The zero-order valence-corrected chi connectivity index (χ0v) is 13.6. The van der Waals surface area contributed by atoms with Crippen molar-refractivity contribution in [2.75, 3.05) is 0 Å². The fourth-order valence-corrected chi connectivity index (χ4v) is 3.12. The quantitative estimate of drug-likeness (QED) is 0.634. The number of nitrogens with two attached hydrogens (primary N) is 1. The Kier molecular flexibility index (Phi) is 5.35. The fraction of sp³-hybridized carbons (Fsp3) is 0.294.